The summed E-state index contributed by atoms with van der Waals surface area (Å²) in [5.41, 5.74) is 0. The van der Waals surface area contributed by atoms with E-state index in [-0.39, 0.29) is 12.4 Å². The fourth-order valence-electron chi connectivity index (χ4n) is 0.432. The third-order valence-corrected chi connectivity index (χ3v) is 2.77. The largest absolute Gasteiger partial charge is 0.480 e. The highest BCUT2D eigenvalue weighted by Crippen LogP contribution is 2.09. The van der Waals surface area contributed by atoms with Crippen LogP contribution in [0.15, 0.2) is 0 Å². The standard InChI is InChI=1S/C6H11ClO4S/c7-5(6(10)11)3-12-2-4(9)1-8/h4-5,8-9H,1-3H2,(H,10,11). The number of carboxylic acids is 1. The minimum Gasteiger partial charge on any atom is -0.480 e. The predicted octanol–water partition coefficient (Wildman–Crippen LogP) is -0.235. The summed E-state index contributed by atoms with van der Waals surface area (Å²) >= 11 is 6.58. The van der Waals surface area contributed by atoms with Gasteiger partial charge in [0.25, 0.3) is 0 Å². The monoisotopic (exact) mass is 214 g/mol. The van der Waals surface area contributed by atoms with Gasteiger partial charge in [-0.15, -0.1) is 11.6 Å². The van der Waals surface area contributed by atoms with Crippen LogP contribution >= 0.6 is 23.4 Å². The molecule has 0 amide bonds. The minimum absolute atomic E-state index is 0.230. The topological polar surface area (TPSA) is 77.8 Å². The minimum atomic E-state index is -1.07. The molecule has 0 aliphatic heterocycles. The molecular formula is C6H11ClO4S. The zero-order valence-corrected chi connectivity index (χ0v) is 7.88. The van der Waals surface area contributed by atoms with Gasteiger partial charge in [-0.05, 0) is 0 Å². The highest BCUT2D eigenvalue weighted by Gasteiger charge is 2.13. The van der Waals surface area contributed by atoms with E-state index in [9.17, 15) is 4.79 Å². The van der Waals surface area contributed by atoms with E-state index in [1.807, 2.05) is 0 Å². The van der Waals surface area contributed by atoms with Gasteiger partial charge in [0.2, 0.25) is 0 Å². The molecule has 0 aromatic carbocycles. The number of thioether (sulfide) groups is 1. The zero-order chi connectivity index (χ0) is 9.56. The lowest BCUT2D eigenvalue weighted by molar-refractivity contribution is -0.136. The summed E-state index contributed by atoms with van der Waals surface area (Å²) in [5.74, 6) is -0.538. The van der Waals surface area contributed by atoms with Crippen molar-refractivity contribution in [2.24, 2.45) is 0 Å². The number of carbonyl (C=O) groups is 1. The molecule has 0 spiro atoms. The van der Waals surface area contributed by atoms with Crippen molar-refractivity contribution in [3.05, 3.63) is 0 Å². The lowest BCUT2D eigenvalue weighted by Crippen LogP contribution is -2.19. The molecule has 0 aromatic heterocycles. The second kappa shape index (κ2) is 6.54. The number of alkyl halides is 1. The van der Waals surface area contributed by atoms with Crippen LogP contribution < -0.4 is 0 Å². The van der Waals surface area contributed by atoms with E-state index in [1.165, 1.54) is 11.8 Å². The summed E-state index contributed by atoms with van der Waals surface area (Å²) in [5, 5.41) is 24.7. The summed E-state index contributed by atoms with van der Waals surface area (Å²) in [6, 6.07) is 0. The molecule has 6 heteroatoms. The van der Waals surface area contributed by atoms with Crippen molar-refractivity contribution in [2.45, 2.75) is 11.5 Å². The first-order chi connectivity index (χ1) is 5.57. The number of aliphatic carboxylic acids is 1. The van der Waals surface area contributed by atoms with Crippen LogP contribution in [0.4, 0.5) is 0 Å². The number of hydrogen-bond donors (Lipinski definition) is 3. The quantitative estimate of drug-likeness (QED) is 0.533. The van der Waals surface area contributed by atoms with Crippen molar-refractivity contribution >= 4 is 29.3 Å². The van der Waals surface area contributed by atoms with Crippen molar-refractivity contribution in [1.29, 1.82) is 0 Å². The number of aliphatic hydroxyl groups excluding tert-OH is 2. The first kappa shape index (κ1) is 12.0. The van der Waals surface area contributed by atoms with Crippen LogP contribution in [-0.2, 0) is 4.79 Å². The van der Waals surface area contributed by atoms with E-state index < -0.39 is 17.5 Å². The summed E-state index contributed by atoms with van der Waals surface area (Å²) in [7, 11) is 0. The maximum atomic E-state index is 10.2. The van der Waals surface area contributed by atoms with Gasteiger partial charge in [-0.3, -0.25) is 4.79 Å². The van der Waals surface area contributed by atoms with Crippen LogP contribution in [0.1, 0.15) is 0 Å². The Kier molecular flexibility index (Phi) is 6.55. The lowest BCUT2D eigenvalue weighted by Gasteiger charge is -2.07. The van der Waals surface area contributed by atoms with Crippen molar-refractivity contribution < 1.29 is 20.1 Å². The molecule has 0 fully saturated rings. The Morgan fingerprint density at radius 3 is 2.50 bits per heavy atom. The Balaban J connectivity index is 3.37. The van der Waals surface area contributed by atoms with E-state index in [4.69, 9.17) is 26.9 Å². The van der Waals surface area contributed by atoms with E-state index in [0.717, 1.165) is 0 Å². The summed E-state index contributed by atoms with van der Waals surface area (Å²) in [6.07, 6.45) is -0.798. The lowest BCUT2D eigenvalue weighted by atomic mass is 10.4. The molecule has 0 saturated carbocycles. The normalized spacial score (nSPS) is 15.6. The van der Waals surface area contributed by atoms with Crippen LogP contribution in [0.3, 0.4) is 0 Å². The Labute approximate surface area is 79.5 Å². The predicted molar refractivity (Wildman–Crippen MR) is 47.7 cm³/mol. The maximum Gasteiger partial charge on any atom is 0.322 e. The molecule has 0 aromatic rings. The van der Waals surface area contributed by atoms with Gasteiger partial charge in [0, 0.05) is 11.5 Å². The van der Waals surface area contributed by atoms with E-state index >= 15 is 0 Å². The van der Waals surface area contributed by atoms with Gasteiger partial charge >= 0.3 is 5.97 Å². The van der Waals surface area contributed by atoms with Gasteiger partial charge in [0.05, 0.1) is 12.7 Å². The van der Waals surface area contributed by atoms with E-state index in [0.29, 0.717) is 5.75 Å². The number of rotatable bonds is 6. The van der Waals surface area contributed by atoms with Crippen molar-refractivity contribution in [3.63, 3.8) is 0 Å². The molecule has 4 nitrogen and oxygen atoms in total. The van der Waals surface area contributed by atoms with Crippen LogP contribution in [0.25, 0.3) is 0 Å². The highest BCUT2D eigenvalue weighted by atomic mass is 35.5. The molecule has 0 radical (unpaired) electrons. The SMILES string of the molecule is O=C(O)C(Cl)CSCC(O)CO. The molecular weight excluding hydrogens is 204 g/mol. The van der Waals surface area contributed by atoms with Gasteiger partial charge in [-0.1, -0.05) is 0 Å². The molecule has 0 saturated heterocycles. The van der Waals surface area contributed by atoms with Gasteiger partial charge in [0.1, 0.15) is 5.38 Å². The molecule has 0 heterocycles. The van der Waals surface area contributed by atoms with E-state index in [1.54, 1.807) is 0 Å². The maximum absolute atomic E-state index is 10.2. The molecule has 0 aliphatic rings. The fourth-order valence-corrected chi connectivity index (χ4v) is 1.56. The van der Waals surface area contributed by atoms with Gasteiger partial charge in [0.15, 0.2) is 0 Å². The Morgan fingerprint density at radius 2 is 2.08 bits per heavy atom. The zero-order valence-electron chi connectivity index (χ0n) is 6.31. The number of carboxylic acid groups (broad SMARTS) is 1. The molecule has 0 bridgehead atoms. The van der Waals surface area contributed by atoms with Gasteiger partial charge in [-0.25, -0.2) is 0 Å². The third-order valence-electron chi connectivity index (χ3n) is 1.05. The molecule has 2 unspecified atom stereocenters. The van der Waals surface area contributed by atoms with Gasteiger partial charge < -0.3 is 15.3 Å². The molecule has 0 aliphatic carbocycles. The molecule has 12 heavy (non-hydrogen) atoms. The van der Waals surface area contributed by atoms with Crippen LogP contribution in [0.5, 0.6) is 0 Å². The van der Waals surface area contributed by atoms with Crippen LogP contribution in [0, 0.1) is 0 Å². The fraction of sp³-hybridized carbons (Fsp3) is 0.833. The van der Waals surface area contributed by atoms with Crippen molar-refractivity contribution in [1.82, 2.24) is 0 Å². The average Bonchev–Trinajstić information content (AvgIpc) is 2.03. The molecule has 2 atom stereocenters. The smallest absolute Gasteiger partial charge is 0.322 e. The van der Waals surface area contributed by atoms with Crippen LogP contribution in [-0.4, -0.2) is 50.9 Å². The average molecular weight is 215 g/mol. The number of halogens is 1. The third kappa shape index (κ3) is 5.65. The Bertz CT molecular complexity index is 144. The van der Waals surface area contributed by atoms with Gasteiger partial charge in [-0.2, -0.15) is 11.8 Å². The second-order valence-electron chi connectivity index (χ2n) is 2.18. The Morgan fingerprint density at radius 1 is 1.50 bits per heavy atom. The summed E-state index contributed by atoms with van der Waals surface area (Å²) in [6.45, 7) is -0.312. The molecule has 0 rings (SSSR count). The number of hydrogen-bond acceptors (Lipinski definition) is 4. The first-order valence-corrected chi connectivity index (χ1v) is 4.90. The summed E-state index contributed by atoms with van der Waals surface area (Å²) in [4.78, 5) is 10.2. The van der Waals surface area contributed by atoms with Crippen LogP contribution in [0.2, 0.25) is 0 Å². The van der Waals surface area contributed by atoms with Crippen molar-refractivity contribution in [3.8, 4) is 0 Å². The Hall–Kier alpha value is 0.0300. The first-order valence-electron chi connectivity index (χ1n) is 3.31. The second-order valence-corrected chi connectivity index (χ2v) is 3.78. The highest BCUT2D eigenvalue weighted by molar-refractivity contribution is 7.99. The molecule has 3 N–H and O–H groups in total. The van der Waals surface area contributed by atoms with E-state index in [2.05, 4.69) is 0 Å². The van der Waals surface area contributed by atoms with Crippen molar-refractivity contribution in [2.75, 3.05) is 18.1 Å². The molecule has 72 valence electrons. The number of aliphatic hydroxyl groups is 2. The summed E-state index contributed by atoms with van der Waals surface area (Å²) < 4.78 is 0.